The van der Waals surface area contributed by atoms with Crippen LogP contribution in [0.25, 0.3) is 0 Å². The van der Waals surface area contributed by atoms with Gasteiger partial charge in [-0.15, -0.1) is 0 Å². The first-order chi connectivity index (χ1) is 10.1. The van der Waals surface area contributed by atoms with Crippen LogP contribution < -0.4 is 0 Å². The second-order valence-corrected chi connectivity index (χ2v) is 5.77. The highest BCUT2D eigenvalue weighted by Crippen LogP contribution is 2.22. The summed E-state index contributed by atoms with van der Waals surface area (Å²) in [5.41, 5.74) is 1.27. The van der Waals surface area contributed by atoms with Crippen LogP contribution in [0.2, 0.25) is 0 Å². The van der Waals surface area contributed by atoms with Crippen LogP contribution in [0.5, 0.6) is 0 Å². The summed E-state index contributed by atoms with van der Waals surface area (Å²) >= 11 is 0. The second kappa shape index (κ2) is 7.81. The zero-order valence-corrected chi connectivity index (χ0v) is 12.3. The molecule has 0 spiro atoms. The molecule has 1 aromatic carbocycles. The number of hydrogen-bond donors (Lipinski definition) is 1. The fourth-order valence-corrected chi connectivity index (χ4v) is 2.87. The van der Waals surface area contributed by atoms with Gasteiger partial charge >= 0.3 is 5.97 Å². The molecule has 2 rings (SSSR count). The lowest BCUT2D eigenvalue weighted by Crippen LogP contribution is -2.28. The summed E-state index contributed by atoms with van der Waals surface area (Å²) in [6.07, 6.45) is 4.23. The van der Waals surface area contributed by atoms with Crippen LogP contribution in [0.15, 0.2) is 30.3 Å². The minimum atomic E-state index is -0.748. The largest absolute Gasteiger partial charge is 0.481 e. The zero-order chi connectivity index (χ0) is 15.1. The molecular weight excluding hydrogens is 266 g/mol. The summed E-state index contributed by atoms with van der Waals surface area (Å²) < 4.78 is 0. The number of hydrogen-bond acceptors (Lipinski definition) is 2. The van der Waals surface area contributed by atoms with Crippen molar-refractivity contribution in [2.45, 2.75) is 38.5 Å². The third-order valence-corrected chi connectivity index (χ3v) is 4.10. The van der Waals surface area contributed by atoms with Crippen molar-refractivity contribution in [3.05, 3.63) is 35.9 Å². The maximum atomic E-state index is 12.1. The van der Waals surface area contributed by atoms with Crippen LogP contribution in [0, 0.1) is 5.92 Å². The van der Waals surface area contributed by atoms with E-state index in [4.69, 9.17) is 5.11 Å². The van der Waals surface area contributed by atoms with Gasteiger partial charge in [0.05, 0.1) is 0 Å². The molecule has 4 nitrogen and oxygen atoms in total. The van der Waals surface area contributed by atoms with Crippen LogP contribution in [0.3, 0.4) is 0 Å². The number of aliphatic carboxylic acids is 1. The molecule has 1 aromatic rings. The fourth-order valence-electron chi connectivity index (χ4n) is 2.87. The molecule has 1 saturated heterocycles. The monoisotopic (exact) mass is 289 g/mol. The smallest absolute Gasteiger partial charge is 0.303 e. The van der Waals surface area contributed by atoms with Crippen molar-refractivity contribution in [2.24, 2.45) is 5.92 Å². The Morgan fingerprint density at radius 2 is 1.95 bits per heavy atom. The molecule has 0 aromatic heterocycles. The summed E-state index contributed by atoms with van der Waals surface area (Å²) in [5.74, 6) is -0.175. The number of rotatable bonds is 7. The molecule has 1 unspecified atom stereocenters. The number of nitrogens with zero attached hydrogens (tertiary/aromatic N) is 1. The average molecular weight is 289 g/mol. The highest BCUT2D eigenvalue weighted by Gasteiger charge is 2.25. The number of aryl methyl sites for hydroxylation is 1. The lowest BCUT2D eigenvalue weighted by molar-refractivity contribution is -0.137. The number of likely N-dealkylation sites (tertiary alicyclic amines) is 1. The van der Waals surface area contributed by atoms with E-state index in [-0.39, 0.29) is 12.3 Å². The summed E-state index contributed by atoms with van der Waals surface area (Å²) in [7, 11) is 0. The van der Waals surface area contributed by atoms with Crippen LogP contribution in [0.1, 0.15) is 37.7 Å². The predicted octanol–water partition coefficient (Wildman–Crippen LogP) is 2.72. The SMILES string of the molecule is O=C(O)CCC1CCN(C(=O)CCCc2ccccc2)C1. The molecule has 114 valence electrons. The van der Waals surface area contributed by atoms with E-state index < -0.39 is 5.97 Å². The molecule has 0 bridgehead atoms. The van der Waals surface area contributed by atoms with Gasteiger partial charge in [-0.2, -0.15) is 0 Å². The molecule has 0 radical (unpaired) electrons. The van der Waals surface area contributed by atoms with E-state index in [1.165, 1.54) is 5.56 Å². The average Bonchev–Trinajstić information content (AvgIpc) is 2.95. The van der Waals surface area contributed by atoms with E-state index in [2.05, 4.69) is 12.1 Å². The molecule has 21 heavy (non-hydrogen) atoms. The molecule has 4 heteroatoms. The van der Waals surface area contributed by atoms with E-state index in [1.54, 1.807) is 0 Å². The minimum Gasteiger partial charge on any atom is -0.481 e. The third-order valence-electron chi connectivity index (χ3n) is 4.10. The Labute approximate surface area is 125 Å². The standard InChI is InChI=1S/C17H23NO3/c19-16(8-4-7-14-5-2-1-3-6-14)18-12-11-15(13-18)9-10-17(20)21/h1-3,5-6,15H,4,7-13H2,(H,20,21). The quantitative estimate of drug-likeness (QED) is 0.839. The maximum Gasteiger partial charge on any atom is 0.303 e. The summed E-state index contributed by atoms with van der Waals surface area (Å²) in [5, 5.41) is 8.69. The van der Waals surface area contributed by atoms with Crippen molar-refractivity contribution in [3.8, 4) is 0 Å². The Morgan fingerprint density at radius 3 is 2.67 bits per heavy atom. The van der Waals surface area contributed by atoms with Crippen molar-refractivity contribution in [1.82, 2.24) is 4.90 Å². The van der Waals surface area contributed by atoms with Gasteiger partial charge in [0.25, 0.3) is 0 Å². The van der Waals surface area contributed by atoms with Gasteiger partial charge in [-0.05, 0) is 37.2 Å². The van der Waals surface area contributed by atoms with Crippen LogP contribution >= 0.6 is 0 Å². The number of carboxylic acid groups (broad SMARTS) is 1. The minimum absolute atomic E-state index is 0.209. The van der Waals surface area contributed by atoms with Crippen LogP contribution in [-0.2, 0) is 16.0 Å². The molecular formula is C17H23NO3. The summed E-state index contributed by atoms with van der Waals surface area (Å²) in [6.45, 7) is 1.52. The molecule has 1 atom stereocenters. The van der Waals surface area contributed by atoms with Crippen LogP contribution in [0.4, 0.5) is 0 Å². The molecule has 1 fully saturated rings. The Morgan fingerprint density at radius 1 is 1.19 bits per heavy atom. The Kier molecular flexibility index (Phi) is 5.78. The molecule has 1 N–H and O–H groups in total. The summed E-state index contributed by atoms with van der Waals surface area (Å²) in [4.78, 5) is 24.6. The van der Waals surface area contributed by atoms with Gasteiger partial charge in [0.2, 0.25) is 5.91 Å². The molecule has 1 aliphatic heterocycles. The van der Waals surface area contributed by atoms with E-state index >= 15 is 0 Å². The predicted molar refractivity (Wildman–Crippen MR) is 80.9 cm³/mol. The van der Waals surface area contributed by atoms with Crippen LogP contribution in [-0.4, -0.2) is 35.0 Å². The number of benzene rings is 1. The molecule has 1 heterocycles. The second-order valence-electron chi connectivity index (χ2n) is 5.77. The van der Waals surface area contributed by atoms with Crippen molar-refractivity contribution in [1.29, 1.82) is 0 Å². The lowest BCUT2D eigenvalue weighted by Gasteiger charge is -2.16. The van der Waals surface area contributed by atoms with E-state index in [0.717, 1.165) is 32.4 Å². The van der Waals surface area contributed by atoms with Gasteiger partial charge in [0, 0.05) is 25.9 Å². The molecule has 0 aliphatic carbocycles. The van der Waals surface area contributed by atoms with Gasteiger partial charge < -0.3 is 10.0 Å². The van der Waals surface area contributed by atoms with Crippen molar-refractivity contribution in [3.63, 3.8) is 0 Å². The highest BCUT2D eigenvalue weighted by molar-refractivity contribution is 5.76. The number of carbonyl (C=O) groups excluding carboxylic acids is 1. The third kappa shape index (κ3) is 5.21. The Balaban J connectivity index is 1.66. The van der Waals surface area contributed by atoms with Gasteiger partial charge in [-0.3, -0.25) is 9.59 Å². The van der Waals surface area contributed by atoms with Gasteiger partial charge in [-0.25, -0.2) is 0 Å². The maximum absolute atomic E-state index is 12.1. The molecule has 1 amide bonds. The van der Waals surface area contributed by atoms with Crippen molar-refractivity contribution >= 4 is 11.9 Å². The topological polar surface area (TPSA) is 57.6 Å². The van der Waals surface area contributed by atoms with Gasteiger partial charge in [0.1, 0.15) is 0 Å². The molecule has 1 aliphatic rings. The number of carbonyl (C=O) groups is 2. The van der Waals surface area contributed by atoms with Gasteiger partial charge in [-0.1, -0.05) is 30.3 Å². The fraction of sp³-hybridized carbons (Fsp3) is 0.529. The van der Waals surface area contributed by atoms with E-state index in [0.29, 0.717) is 18.8 Å². The first-order valence-corrected chi connectivity index (χ1v) is 7.68. The first-order valence-electron chi connectivity index (χ1n) is 7.68. The van der Waals surface area contributed by atoms with Crippen molar-refractivity contribution < 1.29 is 14.7 Å². The van der Waals surface area contributed by atoms with Gasteiger partial charge in [0.15, 0.2) is 0 Å². The number of carboxylic acids is 1. The Bertz CT molecular complexity index is 472. The number of amides is 1. The lowest BCUT2D eigenvalue weighted by atomic mass is 10.0. The summed E-state index contributed by atoms with van der Waals surface area (Å²) in [6, 6.07) is 10.2. The van der Waals surface area contributed by atoms with E-state index in [9.17, 15) is 9.59 Å². The first kappa shape index (κ1) is 15.5. The Hall–Kier alpha value is -1.84. The highest BCUT2D eigenvalue weighted by atomic mass is 16.4. The normalized spacial score (nSPS) is 17.9. The van der Waals surface area contributed by atoms with E-state index in [1.807, 2.05) is 23.1 Å². The zero-order valence-electron chi connectivity index (χ0n) is 12.3. The molecule has 0 saturated carbocycles. The van der Waals surface area contributed by atoms with Crippen molar-refractivity contribution in [2.75, 3.05) is 13.1 Å².